The second kappa shape index (κ2) is 17.1. The molecule has 2 aromatic heterocycles. The molecule has 1 saturated heterocycles. The lowest BCUT2D eigenvalue weighted by Crippen LogP contribution is -2.56. The summed E-state index contributed by atoms with van der Waals surface area (Å²) in [4.78, 5) is 58.6. The molecule has 1 aliphatic carbocycles. The number of piperazine rings is 1. The number of likely N-dealkylation sites (N-methyl/N-ethyl adjacent to an activating group) is 1. The number of rotatable bonds is 13. The van der Waals surface area contributed by atoms with Crippen molar-refractivity contribution in [3.8, 4) is 5.75 Å². The van der Waals surface area contributed by atoms with Crippen molar-refractivity contribution in [1.29, 1.82) is 0 Å². The highest BCUT2D eigenvalue weighted by atomic mass is 19.1. The molecule has 3 aromatic rings. The number of halogens is 1. The number of methoxy groups -OCH3 is 1. The Kier molecular flexibility index (Phi) is 12.6. The molecule has 16 heteroatoms. The molecule has 5 rings (SSSR count). The van der Waals surface area contributed by atoms with Crippen LogP contribution in [0, 0.1) is 17.7 Å². The lowest BCUT2D eigenvalue weighted by atomic mass is 9.79. The molecular weight excluding hydrogens is 673 g/mol. The van der Waals surface area contributed by atoms with Gasteiger partial charge in [-0.1, -0.05) is 44.8 Å². The van der Waals surface area contributed by atoms with Crippen LogP contribution in [0.2, 0.25) is 0 Å². The quantitative estimate of drug-likeness (QED) is 0.237. The summed E-state index contributed by atoms with van der Waals surface area (Å²) in [5.41, 5.74) is 0.928. The Hall–Kier alpha value is -4.86. The Morgan fingerprint density at radius 1 is 1.02 bits per heavy atom. The molecule has 1 aromatic carbocycles. The van der Waals surface area contributed by atoms with Crippen LogP contribution in [0.4, 0.5) is 10.1 Å². The van der Waals surface area contributed by atoms with Gasteiger partial charge in [0.1, 0.15) is 23.6 Å². The van der Waals surface area contributed by atoms with Crippen LogP contribution in [0.3, 0.4) is 0 Å². The Balaban J connectivity index is 1.37. The number of ether oxygens (including phenoxy) is 1. The molecule has 52 heavy (non-hydrogen) atoms. The SMILES string of the molecule is CCc1nonc1C(=O)N[C@H](C(=O)Nc1ccc([C@H](C)[C@@H](NC(=O)c2c(OC)cnn2CC)C(=O)N2CCN(C)CC2)cc1F)C1CCC(C)CC1. The number of nitrogens with zero attached hydrogens (tertiary/aromatic N) is 6. The van der Waals surface area contributed by atoms with E-state index in [1.165, 1.54) is 30.1 Å². The minimum absolute atomic E-state index is 0.0133. The maximum atomic E-state index is 15.9. The number of nitrogens with one attached hydrogen (secondary N) is 3. The highest BCUT2D eigenvalue weighted by Gasteiger charge is 2.36. The molecule has 2 aliphatic rings. The van der Waals surface area contributed by atoms with Gasteiger partial charge in [0.2, 0.25) is 11.8 Å². The smallest absolute Gasteiger partial charge is 0.276 e. The zero-order valence-electron chi connectivity index (χ0n) is 30.8. The maximum Gasteiger partial charge on any atom is 0.276 e. The van der Waals surface area contributed by atoms with E-state index in [-0.39, 0.29) is 34.6 Å². The van der Waals surface area contributed by atoms with Gasteiger partial charge in [0.25, 0.3) is 11.8 Å². The Labute approximate surface area is 302 Å². The van der Waals surface area contributed by atoms with Gasteiger partial charge < -0.3 is 30.5 Å². The third-order valence-corrected chi connectivity index (χ3v) is 10.4. The van der Waals surface area contributed by atoms with Gasteiger partial charge in [-0.3, -0.25) is 23.9 Å². The zero-order valence-corrected chi connectivity index (χ0v) is 30.8. The predicted molar refractivity (Wildman–Crippen MR) is 189 cm³/mol. The van der Waals surface area contributed by atoms with Crippen LogP contribution in [-0.4, -0.2) is 106 Å². The molecule has 282 valence electrons. The van der Waals surface area contributed by atoms with Crippen molar-refractivity contribution in [2.45, 2.75) is 84.3 Å². The molecule has 2 fully saturated rings. The topological polar surface area (TPSA) is 177 Å². The number of carbonyl (C=O) groups is 4. The van der Waals surface area contributed by atoms with Crippen molar-refractivity contribution in [3.63, 3.8) is 0 Å². The standard InChI is InChI=1S/C36H50FN9O6/c1-7-26-31(43-52-42-26)34(48)41-30(23-11-9-21(3)10-12-23)33(47)39-27-14-13-24(19-25(27)37)22(4)29(36(50)45-17-15-44(5)16-18-45)40-35(49)32-28(51-6)20-38-46(32)8-2/h13-14,19-23,29-30H,7-12,15-18H2,1-6H3,(H,39,47)(H,40,49)(H,41,48)/t21?,22-,23?,29+,30-/m0/s1. The van der Waals surface area contributed by atoms with Crippen molar-refractivity contribution in [2.24, 2.45) is 11.8 Å². The minimum Gasteiger partial charge on any atom is -0.493 e. The van der Waals surface area contributed by atoms with Gasteiger partial charge in [-0.05, 0) is 67.9 Å². The van der Waals surface area contributed by atoms with E-state index >= 15 is 4.39 Å². The molecule has 1 saturated carbocycles. The van der Waals surface area contributed by atoms with E-state index in [1.54, 1.807) is 17.9 Å². The molecule has 0 spiro atoms. The molecule has 1 aliphatic heterocycles. The zero-order chi connectivity index (χ0) is 37.5. The normalized spacial score (nSPS) is 19.7. The lowest BCUT2D eigenvalue weighted by Gasteiger charge is -2.36. The van der Waals surface area contributed by atoms with Gasteiger partial charge >= 0.3 is 0 Å². The summed E-state index contributed by atoms with van der Waals surface area (Å²) in [5.74, 6) is -2.76. The number of amides is 4. The highest BCUT2D eigenvalue weighted by Crippen LogP contribution is 2.32. The second-order valence-corrected chi connectivity index (χ2v) is 13.9. The van der Waals surface area contributed by atoms with Gasteiger partial charge in [-0.2, -0.15) is 5.10 Å². The molecule has 4 amide bonds. The van der Waals surface area contributed by atoms with Crippen molar-refractivity contribution < 1.29 is 32.9 Å². The fraction of sp³-hybridized carbons (Fsp3) is 0.583. The third-order valence-electron chi connectivity index (χ3n) is 10.4. The van der Waals surface area contributed by atoms with Crippen molar-refractivity contribution >= 4 is 29.3 Å². The van der Waals surface area contributed by atoms with Gasteiger partial charge in [0.05, 0.1) is 19.0 Å². The van der Waals surface area contributed by atoms with Crippen LogP contribution in [0.5, 0.6) is 5.75 Å². The Morgan fingerprint density at radius 3 is 2.37 bits per heavy atom. The van der Waals surface area contributed by atoms with E-state index in [1.807, 2.05) is 20.9 Å². The monoisotopic (exact) mass is 723 g/mol. The number of benzene rings is 1. The maximum absolute atomic E-state index is 15.9. The molecule has 0 radical (unpaired) electrons. The Morgan fingerprint density at radius 2 is 1.73 bits per heavy atom. The minimum atomic E-state index is -1.05. The molecule has 3 atom stereocenters. The summed E-state index contributed by atoms with van der Waals surface area (Å²) in [6.45, 7) is 10.3. The molecule has 0 bridgehead atoms. The Bertz CT molecular complexity index is 1710. The van der Waals surface area contributed by atoms with Crippen molar-refractivity contribution in [3.05, 3.63) is 52.9 Å². The van der Waals surface area contributed by atoms with E-state index in [9.17, 15) is 19.2 Å². The van der Waals surface area contributed by atoms with Gasteiger partial charge in [-0.25, -0.2) is 9.02 Å². The predicted octanol–water partition coefficient (Wildman–Crippen LogP) is 3.24. The highest BCUT2D eigenvalue weighted by molar-refractivity contribution is 6.01. The first-order valence-corrected chi connectivity index (χ1v) is 18.1. The number of carbonyl (C=O) groups excluding carboxylic acids is 4. The van der Waals surface area contributed by atoms with E-state index in [4.69, 9.17) is 9.37 Å². The second-order valence-electron chi connectivity index (χ2n) is 13.9. The summed E-state index contributed by atoms with van der Waals surface area (Å²) in [6, 6.07) is 2.33. The third kappa shape index (κ3) is 8.60. The fourth-order valence-electron chi connectivity index (χ4n) is 6.98. The van der Waals surface area contributed by atoms with Crippen molar-refractivity contribution in [1.82, 2.24) is 40.5 Å². The molecule has 15 nitrogen and oxygen atoms in total. The average Bonchev–Trinajstić information content (AvgIpc) is 3.81. The summed E-state index contributed by atoms with van der Waals surface area (Å²) in [7, 11) is 3.42. The van der Waals surface area contributed by atoms with E-state index in [0.29, 0.717) is 56.3 Å². The summed E-state index contributed by atoms with van der Waals surface area (Å²) in [5, 5.41) is 20.1. The van der Waals surface area contributed by atoms with Crippen LogP contribution in [0.15, 0.2) is 29.0 Å². The van der Waals surface area contributed by atoms with Crippen LogP contribution in [0.25, 0.3) is 0 Å². The van der Waals surface area contributed by atoms with E-state index < -0.39 is 41.5 Å². The summed E-state index contributed by atoms with van der Waals surface area (Å²) in [6.07, 6.45) is 5.10. The largest absolute Gasteiger partial charge is 0.493 e. The summed E-state index contributed by atoms with van der Waals surface area (Å²) >= 11 is 0. The van der Waals surface area contributed by atoms with Gasteiger partial charge in [0, 0.05) is 38.6 Å². The first-order chi connectivity index (χ1) is 24.9. The molecule has 3 heterocycles. The van der Waals surface area contributed by atoms with E-state index in [0.717, 1.165) is 25.7 Å². The van der Waals surface area contributed by atoms with Crippen molar-refractivity contribution in [2.75, 3.05) is 45.7 Å². The van der Waals surface area contributed by atoms with Gasteiger partial charge in [-0.15, -0.1) is 0 Å². The molecular formula is C36H50FN9O6. The van der Waals surface area contributed by atoms with Crippen LogP contribution in [-0.2, 0) is 22.6 Å². The lowest BCUT2D eigenvalue weighted by molar-refractivity contribution is -0.135. The van der Waals surface area contributed by atoms with Crippen LogP contribution in [0.1, 0.15) is 91.5 Å². The van der Waals surface area contributed by atoms with E-state index in [2.05, 4.69) is 43.2 Å². The average molecular weight is 724 g/mol. The first kappa shape index (κ1) is 38.4. The number of aromatic nitrogens is 4. The number of hydrogen-bond acceptors (Lipinski definition) is 10. The first-order valence-electron chi connectivity index (χ1n) is 18.1. The number of aryl methyl sites for hydroxylation is 2. The fourth-order valence-corrected chi connectivity index (χ4v) is 6.98. The molecule has 3 N–H and O–H groups in total. The summed E-state index contributed by atoms with van der Waals surface area (Å²) < 4.78 is 27.5. The van der Waals surface area contributed by atoms with Crippen LogP contribution < -0.4 is 20.7 Å². The van der Waals surface area contributed by atoms with Crippen LogP contribution >= 0.6 is 0 Å². The number of hydrogen-bond donors (Lipinski definition) is 3. The molecule has 0 unspecified atom stereocenters. The van der Waals surface area contributed by atoms with Gasteiger partial charge in [0.15, 0.2) is 17.1 Å². The number of anilines is 1.